The summed E-state index contributed by atoms with van der Waals surface area (Å²) >= 11 is 0. The van der Waals surface area contributed by atoms with Crippen LogP contribution in [0.15, 0.2) is 72.9 Å². The molecule has 0 aromatic carbocycles. The van der Waals surface area contributed by atoms with Crippen LogP contribution in [0.5, 0.6) is 0 Å². The van der Waals surface area contributed by atoms with Crippen molar-refractivity contribution in [1.29, 1.82) is 0 Å². The Morgan fingerprint density at radius 2 is 0.875 bits per heavy atom. The highest BCUT2D eigenvalue weighted by Crippen LogP contribution is 2.11. The zero-order valence-electron chi connectivity index (χ0n) is 31.0. The minimum atomic E-state index is -0.815. The van der Waals surface area contributed by atoms with Crippen molar-refractivity contribution in [3.8, 4) is 0 Å². The van der Waals surface area contributed by atoms with Crippen LogP contribution in [0.3, 0.4) is 0 Å². The van der Waals surface area contributed by atoms with Crippen molar-refractivity contribution in [2.75, 3.05) is 13.2 Å². The van der Waals surface area contributed by atoms with E-state index in [0.29, 0.717) is 12.8 Å². The summed E-state index contributed by atoms with van der Waals surface area (Å²) in [4.78, 5) is 24.2. The van der Waals surface area contributed by atoms with Crippen molar-refractivity contribution >= 4 is 11.9 Å². The molecule has 5 nitrogen and oxygen atoms in total. The number of unbranched alkanes of at least 4 members (excludes halogenated alkanes) is 14. The largest absolute Gasteiger partial charge is 0.462 e. The Bertz CT molecular complexity index is 895. The quantitative estimate of drug-likeness (QED) is 0.0420. The topological polar surface area (TPSA) is 72.8 Å². The minimum absolute atomic E-state index is 0.101. The normalized spacial score (nSPS) is 13.0. The fourth-order valence-corrected chi connectivity index (χ4v) is 5.00. The molecule has 1 atom stereocenters. The van der Waals surface area contributed by atoms with Gasteiger partial charge in [-0.05, 0) is 77.0 Å². The van der Waals surface area contributed by atoms with Crippen LogP contribution in [0.2, 0.25) is 0 Å². The van der Waals surface area contributed by atoms with Gasteiger partial charge in [-0.3, -0.25) is 9.59 Å². The van der Waals surface area contributed by atoms with Crippen molar-refractivity contribution in [2.24, 2.45) is 0 Å². The van der Waals surface area contributed by atoms with E-state index in [2.05, 4.69) is 74.6 Å². The van der Waals surface area contributed by atoms with Gasteiger partial charge in [0.15, 0.2) is 6.10 Å². The van der Waals surface area contributed by atoms with Gasteiger partial charge < -0.3 is 14.6 Å². The number of rotatable bonds is 34. The predicted molar refractivity (Wildman–Crippen MR) is 205 cm³/mol. The van der Waals surface area contributed by atoms with Crippen LogP contribution < -0.4 is 0 Å². The smallest absolute Gasteiger partial charge is 0.306 e. The van der Waals surface area contributed by atoms with Crippen LogP contribution in [0.25, 0.3) is 0 Å². The molecule has 0 rings (SSSR count). The Labute approximate surface area is 295 Å². The molecular formula is C43H72O5. The fourth-order valence-electron chi connectivity index (χ4n) is 5.00. The summed E-state index contributed by atoms with van der Waals surface area (Å²) in [5, 5.41) is 9.53. The predicted octanol–water partition coefficient (Wildman–Crippen LogP) is 12.2. The van der Waals surface area contributed by atoms with Gasteiger partial charge in [0.25, 0.3) is 0 Å². The van der Waals surface area contributed by atoms with Crippen LogP contribution in [0.1, 0.15) is 168 Å². The molecule has 1 N–H and O–H groups in total. The highest BCUT2D eigenvalue weighted by atomic mass is 16.6. The van der Waals surface area contributed by atoms with Gasteiger partial charge in [0.05, 0.1) is 6.61 Å². The molecule has 274 valence electrons. The number of carbonyl (C=O) groups is 2. The van der Waals surface area contributed by atoms with Gasteiger partial charge in [-0.1, -0.05) is 151 Å². The number of aliphatic hydroxyl groups is 1. The molecule has 0 spiro atoms. The highest BCUT2D eigenvalue weighted by Gasteiger charge is 2.15. The van der Waals surface area contributed by atoms with E-state index in [0.717, 1.165) is 44.9 Å². The summed E-state index contributed by atoms with van der Waals surface area (Å²) in [5.41, 5.74) is 0. The molecule has 0 radical (unpaired) electrons. The number of aliphatic hydroxyl groups excluding tert-OH is 1. The van der Waals surface area contributed by atoms with Crippen molar-refractivity contribution in [2.45, 2.75) is 174 Å². The molecule has 0 bridgehead atoms. The van der Waals surface area contributed by atoms with Gasteiger partial charge in [0.1, 0.15) is 6.61 Å². The zero-order valence-corrected chi connectivity index (χ0v) is 31.0. The van der Waals surface area contributed by atoms with E-state index in [1.807, 2.05) is 12.2 Å². The number of carbonyl (C=O) groups excluding carboxylic acids is 2. The van der Waals surface area contributed by atoms with Gasteiger partial charge in [-0.25, -0.2) is 0 Å². The van der Waals surface area contributed by atoms with Crippen LogP contribution >= 0.6 is 0 Å². The first kappa shape index (κ1) is 45.3. The zero-order chi connectivity index (χ0) is 35.0. The Balaban J connectivity index is 3.72. The Kier molecular flexibility index (Phi) is 36.6. The molecule has 0 saturated carbocycles. The SMILES string of the molecule is CCCCC/C=C\C/C=C\C/C=C\C/C=C\C/C=C\CCC(=O)O[C@@H](CO)COC(=O)CCCCCCCCC/C=C\CCCCCC. The fraction of sp³-hybridized carbons (Fsp3) is 0.674. The first-order chi connectivity index (χ1) is 23.6. The highest BCUT2D eigenvalue weighted by molar-refractivity contribution is 5.70. The maximum atomic E-state index is 12.1. The van der Waals surface area contributed by atoms with E-state index in [9.17, 15) is 14.7 Å². The van der Waals surface area contributed by atoms with Gasteiger partial charge in [-0.15, -0.1) is 0 Å². The molecule has 0 aliphatic carbocycles. The summed E-state index contributed by atoms with van der Waals surface area (Å²) in [6.07, 6.45) is 51.1. The summed E-state index contributed by atoms with van der Waals surface area (Å²) in [6, 6.07) is 0. The Morgan fingerprint density at radius 3 is 1.40 bits per heavy atom. The number of allylic oxidation sites excluding steroid dienone is 12. The van der Waals surface area contributed by atoms with E-state index < -0.39 is 12.1 Å². The van der Waals surface area contributed by atoms with Gasteiger partial charge in [-0.2, -0.15) is 0 Å². The van der Waals surface area contributed by atoms with E-state index in [1.54, 1.807) is 0 Å². The lowest BCUT2D eigenvalue weighted by molar-refractivity contribution is -0.161. The average Bonchev–Trinajstić information content (AvgIpc) is 3.09. The number of ether oxygens (including phenoxy) is 2. The van der Waals surface area contributed by atoms with Crippen molar-refractivity contribution in [1.82, 2.24) is 0 Å². The van der Waals surface area contributed by atoms with Gasteiger partial charge in [0.2, 0.25) is 0 Å². The Morgan fingerprint density at radius 1 is 0.479 bits per heavy atom. The standard InChI is InChI=1S/C43H72O5/c1-3-5-7-9-11-13-15-17-19-20-21-22-24-26-28-30-32-34-36-38-43(46)48-41(39-44)40-47-42(45)37-35-33-31-29-27-25-23-18-16-14-12-10-8-6-4-2/h11,13-14,16-17,19,21-22,26,28,32,34,41,44H,3-10,12,15,18,20,23-25,27,29-31,33,35-40H2,1-2H3/b13-11-,16-14-,19-17-,22-21-,28-26-,34-32-/t41-/m0/s1. The van der Waals surface area contributed by atoms with E-state index in [1.165, 1.54) is 89.9 Å². The molecule has 0 amide bonds. The van der Waals surface area contributed by atoms with Crippen LogP contribution in [0, 0.1) is 0 Å². The number of hydrogen-bond acceptors (Lipinski definition) is 5. The van der Waals surface area contributed by atoms with Crippen LogP contribution in [-0.2, 0) is 19.1 Å². The first-order valence-electron chi connectivity index (χ1n) is 19.5. The van der Waals surface area contributed by atoms with Crippen molar-refractivity contribution < 1.29 is 24.2 Å². The van der Waals surface area contributed by atoms with Crippen LogP contribution in [0.4, 0.5) is 0 Å². The van der Waals surface area contributed by atoms with Crippen LogP contribution in [-0.4, -0.2) is 36.4 Å². The molecule has 0 aliphatic rings. The summed E-state index contributed by atoms with van der Waals surface area (Å²) in [6.45, 7) is 4.02. The lowest BCUT2D eigenvalue weighted by Crippen LogP contribution is -2.28. The monoisotopic (exact) mass is 669 g/mol. The molecule has 0 fully saturated rings. The summed E-state index contributed by atoms with van der Waals surface area (Å²) in [7, 11) is 0. The molecule has 0 aromatic rings. The average molecular weight is 669 g/mol. The molecule has 0 unspecified atom stereocenters. The van der Waals surface area contributed by atoms with Gasteiger partial charge in [0, 0.05) is 12.8 Å². The molecular weight excluding hydrogens is 596 g/mol. The maximum Gasteiger partial charge on any atom is 0.306 e. The summed E-state index contributed by atoms with van der Waals surface area (Å²) < 4.78 is 10.5. The first-order valence-corrected chi connectivity index (χ1v) is 19.5. The van der Waals surface area contributed by atoms with Crippen molar-refractivity contribution in [3.63, 3.8) is 0 Å². The second-order valence-electron chi connectivity index (χ2n) is 12.6. The third-order valence-corrected chi connectivity index (χ3v) is 7.99. The molecule has 48 heavy (non-hydrogen) atoms. The lowest BCUT2D eigenvalue weighted by atomic mass is 10.1. The third-order valence-electron chi connectivity index (χ3n) is 7.99. The third kappa shape index (κ3) is 36.2. The summed E-state index contributed by atoms with van der Waals surface area (Å²) in [5.74, 6) is -0.698. The van der Waals surface area contributed by atoms with E-state index >= 15 is 0 Å². The molecule has 5 heteroatoms. The minimum Gasteiger partial charge on any atom is -0.462 e. The maximum absolute atomic E-state index is 12.1. The van der Waals surface area contributed by atoms with E-state index in [4.69, 9.17) is 9.47 Å². The Hall–Kier alpha value is -2.66. The second-order valence-corrected chi connectivity index (χ2v) is 12.6. The van der Waals surface area contributed by atoms with E-state index in [-0.39, 0.29) is 25.6 Å². The lowest BCUT2D eigenvalue weighted by Gasteiger charge is -2.15. The molecule has 0 aromatic heterocycles. The number of esters is 2. The molecule has 0 heterocycles. The van der Waals surface area contributed by atoms with Crippen molar-refractivity contribution in [3.05, 3.63) is 72.9 Å². The molecule has 0 aliphatic heterocycles. The molecule has 0 saturated heterocycles. The number of hydrogen-bond donors (Lipinski definition) is 1. The van der Waals surface area contributed by atoms with Gasteiger partial charge >= 0.3 is 11.9 Å². The second kappa shape index (κ2) is 38.8.